The Morgan fingerprint density at radius 3 is 2.14 bits per heavy atom. The summed E-state index contributed by atoms with van der Waals surface area (Å²) in [7, 11) is 0. The van der Waals surface area contributed by atoms with Crippen LogP contribution in [0.2, 0.25) is 0 Å². The third-order valence-electron chi connectivity index (χ3n) is 8.16. The van der Waals surface area contributed by atoms with Gasteiger partial charge in [-0.25, -0.2) is 4.98 Å². The van der Waals surface area contributed by atoms with Crippen LogP contribution in [-0.4, -0.2) is 16.1 Å². The van der Waals surface area contributed by atoms with Gasteiger partial charge in [0.05, 0.1) is 0 Å². The van der Waals surface area contributed by atoms with Gasteiger partial charge in [0.15, 0.2) is 5.69 Å². The predicted octanol–water partition coefficient (Wildman–Crippen LogP) is 2.43. The number of halogens is 3. The van der Waals surface area contributed by atoms with E-state index < -0.39 is 11.9 Å². The molecular formula is C16H18F3N3. The number of imidazole rings is 1. The first kappa shape index (κ1) is 12.4. The van der Waals surface area contributed by atoms with Gasteiger partial charge in [0, 0.05) is 17.7 Å². The van der Waals surface area contributed by atoms with Crippen LogP contribution in [0, 0.1) is 40.9 Å². The first-order valence-corrected chi connectivity index (χ1v) is 8.19. The van der Waals surface area contributed by atoms with E-state index in [1.165, 1.54) is 6.20 Å². The fourth-order valence-electron chi connectivity index (χ4n) is 7.85. The molecule has 0 radical (unpaired) electrons. The number of alkyl halides is 3. The fourth-order valence-corrected chi connectivity index (χ4v) is 7.85. The second-order valence-corrected chi connectivity index (χ2v) is 8.35. The van der Waals surface area contributed by atoms with Crippen LogP contribution in [0.25, 0.3) is 0 Å². The van der Waals surface area contributed by atoms with Gasteiger partial charge in [-0.1, -0.05) is 0 Å². The van der Waals surface area contributed by atoms with E-state index in [9.17, 15) is 13.2 Å². The molecule has 0 atom stereocenters. The smallest absolute Gasteiger partial charge is 0.331 e. The summed E-state index contributed by atoms with van der Waals surface area (Å²) in [6.45, 7) is 4.65. The highest BCUT2D eigenvalue weighted by atomic mass is 19.4. The standard InChI is InChI=1S/C16H18F3N3/c1-5(2)22-3-6(16(17,18)19)21-13(22)15-10-7-11(15)9-12(15)8(10)14(7,9)4-20/h3,5,7-12H,4,20H2,1-2H3. The van der Waals surface area contributed by atoms with Gasteiger partial charge < -0.3 is 10.3 Å². The zero-order valence-electron chi connectivity index (χ0n) is 12.4. The summed E-state index contributed by atoms with van der Waals surface area (Å²) >= 11 is 0. The van der Waals surface area contributed by atoms with Crippen molar-refractivity contribution >= 4 is 0 Å². The van der Waals surface area contributed by atoms with Crippen LogP contribution in [0.1, 0.15) is 31.4 Å². The highest BCUT2D eigenvalue weighted by Gasteiger charge is 3.10. The quantitative estimate of drug-likeness (QED) is 0.932. The Labute approximate surface area is 126 Å². The Balaban J connectivity index is 1.46. The lowest BCUT2D eigenvalue weighted by Crippen LogP contribution is -3.12. The number of nitrogens with zero attached hydrogens (tertiary/aromatic N) is 2. The molecule has 7 rings (SSSR count). The van der Waals surface area contributed by atoms with E-state index in [0.717, 1.165) is 12.4 Å². The molecule has 2 N–H and O–H groups in total. The van der Waals surface area contributed by atoms with Gasteiger partial charge in [0.1, 0.15) is 5.82 Å². The molecule has 1 heterocycles. The Kier molecular flexibility index (Phi) is 1.62. The first-order valence-electron chi connectivity index (χ1n) is 8.19. The number of nitrogens with two attached hydrogens (primary N) is 1. The van der Waals surface area contributed by atoms with Crippen molar-refractivity contribution in [3.63, 3.8) is 0 Å². The lowest BCUT2D eigenvalue weighted by molar-refractivity contribution is -0.627. The van der Waals surface area contributed by atoms with E-state index in [0.29, 0.717) is 40.9 Å². The van der Waals surface area contributed by atoms with Gasteiger partial charge in [-0.2, -0.15) is 13.2 Å². The zero-order chi connectivity index (χ0) is 15.4. The predicted molar refractivity (Wildman–Crippen MR) is 71.7 cm³/mol. The maximum atomic E-state index is 13.1. The van der Waals surface area contributed by atoms with Gasteiger partial charge in [-0.05, 0) is 61.3 Å². The van der Waals surface area contributed by atoms with E-state index in [4.69, 9.17) is 5.73 Å². The number of aromatic nitrogens is 2. The maximum Gasteiger partial charge on any atom is 0.434 e. The van der Waals surface area contributed by atoms with Gasteiger partial charge in [-0.3, -0.25) is 0 Å². The lowest BCUT2D eigenvalue weighted by Gasteiger charge is -3.11. The van der Waals surface area contributed by atoms with Crippen molar-refractivity contribution in [2.75, 3.05) is 6.54 Å². The Morgan fingerprint density at radius 2 is 1.73 bits per heavy atom. The first-order chi connectivity index (χ1) is 10.3. The summed E-state index contributed by atoms with van der Waals surface area (Å²) in [5.74, 6) is 4.56. The van der Waals surface area contributed by atoms with E-state index in [1.807, 2.05) is 13.8 Å². The van der Waals surface area contributed by atoms with Crippen molar-refractivity contribution in [2.45, 2.75) is 31.5 Å². The summed E-state index contributed by atoms with van der Waals surface area (Å²) in [5, 5.41) is 0. The largest absolute Gasteiger partial charge is 0.434 e. The van der Waals surface area contributed by atoms with Gasteiger partial charge in [0.25, 0.3) is 0 Å². The van der Waals surface area contributed by atoms with Gasteiger partial charge >= 0.3 is 6.18 Å². The number of hydrogen-bond acceptors (Lipinski definition) is 2. The minimum Gasteiger partial charge on any atom is -0.331 e. The summed E-state index contributed by atoms with van der Waals surface area (Å²) in [6.07, 6.45) is -3.13. The van der Waals surface area contributed by atoms with Crippen molar-refractivity contribution < 1.29 is 13.2 Å². The molecule has 1 aromatic heterocycles. The molecule has 0 aromatic carbocycles. The van der Waals surface area contributed by atoms with Crippen LogP contribution < -0.4 is 5.73 Å². The molecule has 0 unspecified atom stereocenters. The molecule has 0 spiro atoms. The molecule has 22 heavy (non-hydrogen) atoms. The lowest BCUT2D eigenvalue weighted by atomic mass is 8.92. The SMILES string of the molecule is CC(C)n1cc(C(F)(F)F)nc1C12C3C4C1C1C2C3C41CN. The molecular weight excluding hydrogens is 291 g/mol. The highest BCUT2D eigenvalue weighted by molar-refractivity contribution is 5.61. The van der Waals surface area contributed by atoms with Crippen LogP contribution in [-0.2, 0) is 11.6 Å². The Bertz CT molecular complexity index is 678. The second kappa shape index (κ2) is 2.87. The summed E-state index contributed by atoms with van der Waals surface area (Å²) < 4.78 is 41.1. The third kappa shape index (κ3) is 0.756. The fraction of sp³-hybridized carbons (Fsp3) is 0.812. The van der Waals surface area contributed by atoms with Crippen molar-refractivity contribution in [1.29, 1.82) is 0 Å². The average molecular weight is 309 g/mol. The maximum absolute atomic E-state index is 13.1. The molecule has 1 aromatic rings. The molecule has 0 saturated heterocycles. The van der Waals surface area contributed by atoms with E-state index in [1.54, 1.807) is 4.57 Å². The van der Waals surface area contributed by atoms with Crippen LogP contribution in [0.3, 0.4) is 0 Å². The molecule has 6 fully saturated rings. The molecule has 0 aliphatic heterocycles. The summed E-state index contributed by atoms with van der Waals surface area (Å²) in [5.41, 5.74) is 5.65. The second-order valence-electron chi connectivity index (χ2n) is 8.35. The van der Waals surface area contributed by atoms with Gasteiger partial charge in [-0.15, -0.1) is 0 Å². The molecule has 0 bridgehead atoms. The van der Waals surface area contributed by atoms with Crippen molar-refractivity contribution in [3.05, 3.63) is 17.7 Å². The molecule has 118 valence electrons. The average Bonchev–Trinajstić information content (AvgIpc) is 2.92. The van der Waals surface area contributed by atoms with Crippen LogP contribution >= 0.6 is 0 Å². The molecule has 0 amide bonds. The summed E-state index contributed by atoms with van der Waals surface area (Å²) in [4.78, 5) is 4.10. The van der Waals surface area contributed by atoms with E-state index in [-0.39, 0.29) is 11.5 Å². The third-order valence-corrected chi connectivity index (χ3v) is 8.16. The normalized spacial score (nSPS) is 54.9. The Morgan fingerprint density at radius 1 is 1.18 bits per heavy atom. The van der Waals surface area contributed by atoms with Crippen LogP contribution in [0.5, 0.6) is 0 Å². The minimum atomic E-state index is -4.35. The Hall–Kier alpha value is -1.04. The highest BCUT2D eigenvalue weighted by Crippen LogP contribution is 3.09. The van der Waals surface area contributed by atoms with Crippen molar-refractivity contribution in [1.82, 2.24) is 9.55 Å². The zero-order valence-corrected chi connectivity index (χ0v) is 12.4. The molecule has 3 nitrogen and oxygen atoms in total. The van der Waals surface area contributed by atoms with Crippen molar-refractivity contribution in [3.8, 4) is 0 Å². The molecule has 6 saturated carbocycles. The monoisotopic (exact) mass is 309 g/mol. The topological polar surface area (TPSA) is 43.8 Å². The molecule has 6 aliphatic rings. The van der Waals surface area contributed by atoms with E-state index >= 15 is 0 Å². The van der Waals surface area contributed by atoms with Crippen molar-refractivity contribution in [2.24, 2.45) is 46.7 Å². The molecule has 6 heteroatoms. The summed E-state index contributed by atoms with van der Waals surface area (Å²) in [6, 6.07) is 0.0164. The number of hydrogen-bond donors (Lipinski definition) is 1. The minimum absolute atomic E-state index is 0.00924. The number of rotatable bonds is 3. The van der Waals surface area contributed by atoms with E-state index in [2.05, 4.69) is 4.98 Å². The van der Waals surface area contributed by atoms with Gasteiger partial charge in [0.2, 0.25) is 0 Å². The van der Waals surface area contributed by atoms with Crippen LogP contribution in [0.15, 0.2) is 6.20 Å². The van der Waals surface area contributed by atoms with Crippen LogP contribution in [0.4, 0.5) is 13.2 Å². The molecule has 6 aliphatic carbocycles.